The normalized spacial score (nSPS) is 12.1. The lowest BCUT2D eigenvalue weighted by Gasteiger charge is -2.18. The van der Waals surface area contributed by atoms with E-state index < -0.39 is 24.3 Å². The van der Waals surface area contributed by atoms with Crippen molar-refractivity contribution in [2.45, 2.75) is 39.2 Å². The number of hydrogen-bond donors (Lipinski definition) is 0. The van der Waals surface area contributed by atoms with Gasteiger partial charge in [0.25, 0.3) is 0 Å². The molecule has 0 heterocycles. The molecule has 0 atom stereocenters. The summed E-state index contributed by atoms with van der Waals surface area (Å²) in [7, 11) is 1.49. The fraction of sp³-hybridized carbons (Fsp3) is 0.571. The van der Waals surface area contributed by atoms with Crippen LogP contribution in [0, 0.1) is 0 Å². The van der Waals surface area contributed by atoms with Crippen LogP contribution < -0.4 is 0 Å². The largest absolute Gasteiger partial charge is 0.416 e. The Hall–Kier alpha value is -1.24. The Kier molecular flexibility index (Phi) is 7.78. The van der Waals surface area contributed by atoms with Crippen molar-refractivity contribution in [1.82, 2.24) is 4.90 Å². The molecule has 1 nitrogen and oxygen atoms in total. The van der Waals surface area contributed by atoms with Crippen LogP contribution in [0.2, 0.25) is 0 Å². The van der Waals surface area contributed by atoms with Gasteiger partial charge in [0.05, 0.1) is 12.0 Å². The van der Waals surface area contributed by atoms with Crippen molar-refractivity contribution in [2.24, 2.45) is 0 Å². The van der Waals surface area contributed by atoms with Gasteiger partial charge in [-0.2, -0.15) is 26.3 Å². The maximum atomic E-state index is 12.3. The van der Waals surface area contributed by atoms with Gasteiger partial charge in [0.15, 0.2) is 0 Å². The van der Waals surface area contributed by atoms with E-state index in [-0.39, 0.29) is 13.1 Å². The summed E-state index contributed by atoms with van der Waals surface area (Å²) >= 11 is 0. The van der Waals surface area contributed by atoms with Gasteiger partial charge in [0, 0.05) is 13.1 Å². The lowest BCUT2D eigenvalue weighted by molar-refractivity contribution is -0.138. The molecule has 0 saturated heterocycles. The molecule has 0 fully saturated rings. The Morgan fingerprint density at radius 3 is 1.76 bits per heavy atom. The van der Waals surface area contributed by atoms with E-state index in [1.165, 1.54) is 24.1 Å². The fourth-order valence-electron chi connectivity index (χ4n) is 1.51. The third kappa shape index (κ3) is 8.60. The summed E-state index contributed by atoms with van der Waals surface area (Å²) in [6.07, 6.45) is -9.57. The second-order valence-electron chi connectivity index (χ2n) is 4.30. The molecule has 1 aromatic rings. The molecule has 21 heavy (non-hydrogen) atoms. The molecule has 0 radical (unpaired) electrons. The van der Waals surface area contributed by atoms with Crippen LogP contribution >= 0.6 is 0 Å². The molecule has 1 aromatic carbocycles. The Morgan fingerprint density at radius 1 is 0.905 bits per heavy atom. The summed E-state index contributed by atoms with van der Waals surface area (Å²) in [4.78, 5) is 1.41. The van der Waals surface area contributed by atoms with Crippen LogP contribution in [0.15, 0.2) is 24.3 Å². The van der Waals surface area contributed by atoms with Gasteiger partial charge in [-0.25, -0.2) is 0 Å². The first-order valence-corrected chi connectivity index (χ1v) is 6.49. The van der Waals surface area contributed by atoms with Crippen LogP contribution in [0.5, 0.6) is 0 Å². The van der Waals surface area contributed by atoms with E-state index in [1.807, 2.05) is 13.8 Å². The summed E-state index contributed by atoms with van der Waals surface area (Å²) in [5, 5.41) is 0. The molecule has 122 valence electrons. The molecular formula is C14H19F6N. The van der Waals surface area contributed by atoms with Gasteiger partial charge in [-0.1, -0.05) is 26.0 Å². The summed E-state index contributed by atoms with van der Waals surface area (Å²) in [5.41, 5.74) is -0.230. The highest BCUT2D eigenvalue weighted by Gasteiger charge is 2.30. The van der Waals surface area contributed by atoms with Crippen molar-refractivity contribution in [3.8, 4) is 0 Å². The molecule has 0 aliphatic heterocycles. The van der Waals surface area contributed by atoms with Crippen molar-refractivity contribution in [3.05, 3.63) is 35.4 Å². The highest BCUT2D eigenvalue weighted by atomic mass is 19.4. The summed E-state index contributed by atoms with van der Waals surface area (Å²) < 4.78 is 72.9. The molecule has 0 saturated carbocycles. The SMILES string of the molecule is CC.CN(CCC(F)(F)F)Cc1ccc(C(F)(F)F)cc1. The highest BCUT2D eigenvalue weighted by molar-refractivity contribution is 5.24. The minimum absolute atomic E-state index is 0.175. The molecule has 7 heteroatoms. The minimum atomic E-state index is -4.40. The lowest BCUT2D eigenvalue weighted by Crippen LogP contribution is -2.24. The van der Waals surface area contributed by atoms with Gasteiger partial charge in [0.1, 0.15) is 0 Å². The third-order valence-electron chi connectivity index (χ3n) is 2.51. The summed E-state index contributed by atoms with van der Waals surface area (Å²) in [6.45, 7) is 3.98. The fourth-order valence-corrected chi connectivity index (χ4v) is 1.51. The van der Waals surface area contributed by atoms with Crippen molar-refractivity contribution in [2.75, 3.05) is 13.6 Å². The van der Waals surface area contributed by atoms with Gasteiger partial charge in [-0.15, -0.1) is 0 Å². The zero-order chi connectivity index (χ0) is 16.7. The van der Waals surface area contributed by atoms with Crippen molar-refractivity contribution >= 4 is 0 Å². The van der Waals surface area contributed by atoms with Crippen LogP contribution in [0.25, 0.3) is 0 Å². The Labute approximate surface area is 120 Å². The van der Waals surface area contributed by atoms with Crippen molar-refractivity contribution < 1.29 is 26.3 Å². The first-order valence-electron chi connectivity index (χ1n) is 6.49. The van der Waals surface area contributed by atoms with Gasteiger partial charge in [-0.3, -0.25) is 0 Å². The maximum absolute atomic E-state index is 12.3. The van der Waals surface area contributed by atoms with Gasteiger partial charge < -0.3 is 4.90 Å². The monoisotopic (exact) mass is 315 g/mol. The molecular weight excluding hydrogens is 296 g/mol. The van der Waals surface area contributed by atoms with Crippen molar-refractivity contribution in [3.63, 3.8) is 0 Å². The predicted octanol–water partition coefficient (Wildman–Crippen LogP) is 5.12. The van der Waals surface area contributed by atoms with Crippen LogP contribution in [0.3, 0.4) is 0 Å². The number of hydrogen-bond acceptors (Lipinski definition) is 1. The van der Waals surface area contributed by atoms with Crippen LogP contribution in [0.4, 0.5) is 26.3 Å². The van der Waals surface area contributed by atoms with E-state index in [0.717, 1.165) is 12.1 Å². The Balaban J connectivity index is 0.00000191. The van der Waals surface area contributed by atoms with E-state index in [2.05, 4.69) is 0 Å². The number of alkyl halides is 6. The zero-order valence-electron chi connectivity index (χ0n) is 12.1. The van der Waals surface area contributed by atoms with E-state index in [1.54, 1.807) is 0 Å². The third-order valence-corrected chi connectivity index (χ3v) is 2.51. The molecule has 0 N–H and O–H groups in total. The standard InChI is InChI=1S/C12H13F6N.C2H6/c1-19(7-6-11(13,14)15)8-9-2-4-10(5-3-9)12(16,17)18;1-2/h2-5H,6-8H2,1H3;1-2H3. The zero-order valence-corrected chi connectivity index (χ0v) is 12.1. The molecule has 0 spiro atoms. The van der Waals surface area contributed by atoms with Gasteiger partial charge in [-0.05, 0) is 24.7 Å². The van der Waals surface area contributed by atoms with Crippen LogP contribution in [-0.4, -0.2) is 24.7 Å². The van der Waals surface area contributed by atoms with Crippen molar-refractivity contribution in [1.29, 1.82) is 0 Å². The average Bonchev–Trinajstić information content (AvgIpc) is 2.38. The Bertz CT molecular complexity index is 393. The maximum Gasteiger partial charge on any atom is 0.416 e. The van der Waals surface area contributed by atoms with E-state index in [9.17, 15) is 26.3 Å². The second-order valence-corrected chi connectivity index (χ2v) is 4.30. The number of benzene rings is 1. The Morgan fingerprint density at radius 2 is 1.38 bits per heavy atom. The highest BCUT2D eigenvalue weighted by Crippen LogP contribution is 2.29. The summed E-state index contributed by atoms with van der Waals surface area (Å²) in [6, 6.07) is 4.39. The molecule has 1 rings (SSSR count). The van der Waals surface area contributed by atoms with Crippen LogP contribution in [-0.2, 0) is 12.7 Å². The first-order chi connectivity index (χ1) is 9.58. The number of rotatable bonds is 4. The van der Waals surface area contributed by atoms with Crippen LogP contribution in [0.1, 0.15) is 31.4 Å². The molecule has 0 aliphatic carbocycles. The molecule has 0 aromatic heterocycles. The van der Waals surface area contributed by atoms with E-state index in [0.29, 0.717) is 5.56 Å². The lowest BCUT2D eigenvalue weighted by atomic mass is 10.1. The molecule has 0 bridgehead atoms. The topological polar surface area (TPSA) is 3.24 Å². The van der Waals surface area contributed by atoms with Gasteiger partial charge in [0.2, 0.25) is 0 Å². The van der Waals surface area contributed by atoms with Gasteiger partial charge >= 0.3 is 12.4 Å². The van der Waals surface area contributed by atoms with E-state index >= 15 is 0 Å². The minimum Gasteiger partial charge on any atom is -0.302 e. The quantitative estimate of drug-likeness (QED) is 0.697. The number of nitrogens with zero attached hydrogens (tertiary/aromatic N) is 1. The molecule has 0 aliphatic rings. The first kappa shape index (κ1) is 19.8. The predicted molar refractivity (Wildman–Crippen MR) is 69.8 cm³/mol. The summed E-state index contributed by atoms with van der Waals surface area (Å²) in [5.74, 6) is 0. The van der Waals surface area contributed by atoms with E-state index in [4.69, 9.17) is 0 Å². The second kappa shape index (κ2) is 8.26. The molecule has 0 unspecified atom stereocenters. The average molecular weight is 315 g/mol. The smallest absolute Gasteiger partial charge is 0.302 e. The molecule has 0 amide bonds. The number of halogens is 6.